The maximum atomic E-state index is 13.0. The van der Waals surface area contributed by atoms with Gasteiger partial charge in [0.2, 0.25) is 12.7 Å². The first-order valence-electron chi connectivity index (χ1n) is 11.0. The Morgan fingerprint density at radius 2 is 1.92 bits per heavy atom. The quantitative estimate of drug-likeness (QED) is 0.372. The van der Waals surface area contributed by atoms with Gasteiger partial charge in [-0.3, -0.25) is 9.59 Å². The number of aromatic hydroxyl groups is 1. The van der Waals surface area contributed by atoms with Crippen LogP contribution in [0.2, 0.25) is 10.0 Å². The SMILES string of the molecule is CCOC(=O)c1c[nH]c(=O)c([C@H](CC(=O)NCc2ccc(Cl)c(Cl)c2)c2ccc3c(c2)OCO3)c1O. The second-order valence-electron chi connectivity index (χ2n) is 7.91. The third-order valence-corrected chi connectivity index (χ3v) is 6.35. The van der Waals surface area contributed by atoms with Crippen LogP contribution in [0.15, 0.2) is 47.4 Å². The number of benzene rings is 2. The summed E-state index contributed by atoms with van der Waals surface area (Å²) < 4.78 is 15.8. The van der Waals surface area contributed by atoms with E-state index in [1.807, 2.05) is 0 Å². The molecular weight excluding hydrogens is 511 g/mol. The number of rotatable bonds is 8. The lowest BCUT2D eigenvalue weighted by molar-refractivity contribution is -0.121. The highest BCUT2D eigenvalue weighted by Crippen LogP contribution is 2.39. The molecule has 1 aromatic heterocycles. The van der Waals surface area contributed by atoms with Gasteiger partial charge in [0.25, 0.3) is 5.56 Å². The summed E-state index contributed by atoms with van der Waals surface area (Å²) in [6, 6.07) is 9.94. The van der Waals surface area contributed by atoms with E-state index in [1.54, 1.807) is 43.3 Å². The van der Waals surface area contributed by atoms with Gasteiger partial charge in [-0.2, -0.15) is 0 Å². The van der Waals surface area contributed by atoms with E-state index in [-0.39, 0.29) is 37.5 Å². The first-order valence-corrected chi connectivity index (χ1v) is 11.8. The van der Waals surface area contributed by atoms with Crippen LogP contribution in [0.3, 0.4) is 0 Å². The Labute approximate surface area is 215 Å². The summed E-state index contributed by atoms with van der Waals surface area (Å²) in [4.78, 5) is 40.7. The lowest BCUT2D eigenvalue weighted by Gasteiger charge is -2.19. The molecule has 9 nitrogen and oxygen atoms in total. The maximum absolute atomic E-state index is 13.0. The number of amides is 1. The molecule has 11 heteroatoms. The topological polar surface area (TPSA) is 127 Å². The van der Waals surface area contributed by atoms with Crippen LogP contribution in [0.1, 0.15) is 46.3 Å². The largest absolute Gasteiger partial charge is 0.506 e. The molecule has 1 aliphatic heterocycles. The Morgan fingerprint density at radius 3 is 2.67 bits per heavy atom. The predicted octanol–water partition coefficient (Wildman–Crippen LogP) is 4.13. The van der Waals surface area contributed by atoms with Crippen LogP contribution in [-0.2, 0) is 16.1 Å². The number of H-pyrrole nitrogens is 1. The fourth-order valence-electron chi connectivity index (χ4n) is 3.85. The van der Waals surface area contributed by atoms with Crippen LogP contribution in [0.5, 0.6) is 17.2 Å². The van der Waals surface area contributed by atoms with Crippen LogP contribution in [0.25, 0.3) is 0 Å². The molecule has 0 unspecified atom stereocenters. The summed E-state index contributed by atoms with van der Waals surface area (Å²) in [7, 11) is 0. The molecule has 36 heavy (non-hydrogen) atoms. The van der Waals surface area contributed by atoms with Crippen molar-refractivity contribution in [1.82, 2.24) is 10.3 Å². The van der Waals surface area contributed by atoms with Crippen LogP contribution in [0.4, 0.5) is 0 Å². The zero-order valence-electron chi connectivity index (χ0n) is 19.1. The Hall–Kier alpha value is -3.69. The summed E-state index contributed by atoms with van der Waals surface area (Å²) in [5.74, 6) is -1.75. The minimum Gasteiger partial charge on any atom is -0.506 e. The van der Waals surface area contributed by atoms with E-state index in [2.05, 4.69) is 10.3 Å². The molecule has 1 amide bonds. The third kappa shape index (κ3) is 5.42. The molecule has 4 rings (SSSR count). The van der Waals surface area contributed by atoms with Gasteiger partial charge in [-0.25, -0.2) is 4.79 Å². The molecular formula is C25H22Cl2N2O7. The van der Waals surface area contributed by atoms with Gasteiger partial charge < -0.3 is 29.6 Å². The van der Waals surface area contributed by atoms with Gasteiger partial charge in [-0.05, 0) is 42.3 Å². The van der Waals surface area contributed by atoms with Crippen molar-refractivity contribution in [2.24, 2.45) is 0 Å². The summed E-state index contributed by atoms with van der Waals surface area (Å²) in [5.41, 5.74) is 0.214. The van der Waals surface area contributed by atoms with E-state index in [1.165, 1.54) is 0 Å². The Kier molecular flexibility index (Phi) is 7.71. The molecule has 2 heterocycles. The van der Waals surface area contributed by atoms with Crippen molar-refractivity contribution in [3.05, 3.63) is 85.2 Å². The number of fused-ring (bicyclic) bond motifs is 1. The molecule has 0 radical (unpaired) electrons. The third-order valence-electron chi connectivity index (χ3n) is 5.61. The Morgan fingerprint density at radius 1 is 1.14 bits per heavy atom. The number of pyridine rings is 1. The van der Waals surface area contributed by atoms with Crippen molar-refractivity contribution in [3.63, 3.8) is 0 Å². The highest BCUT2D eigenvalue weighted by Gasteiger charge is 2.29. The van der Waals surface area contributed by atoms with Crippen molar-refractivity contribution in [2.75, 3.05) is 13.4 Å². The molecule has 0 bridgehead atoms. The van der Waals surface area contributed by atoms with Gasteiger partial charge in [0.15, 0.2) is 11.5 Å². The lowest BCUT2D eigenvalue weighted by Crippen LogP contribution is -2.27. The fraction of sp³-hybridized carbons (Fsp3) is 0.240. The van der Waals surface area contributed by atoms with E-state index in [0.29, 0.717) is 27.1 Å². The number of carbonyl (C=O) groups excluding carboxylic acids is 2. The zero-order chi connectivity index (χ0) is 25.8. The molecule has 1 atom stereocenters. The number of hydrogen-bond donors (Lipinski definition) is 3. The van der Waals surface area contributed by atoms with Crippen LogP contribution in [-0.4, -0.2) is 35.4 Å². The molecule has 3 aromatic rings. The van der Waals surface area contributed by atoms with Crippen molar-refractivity contribution in [3.8, 4) is 17.2 Å². The average molecular weight is 533 g/mol. The first-order chi connectivity index (χ1) is 17.3. The Bertz CT molecular complexity index is 1370. The lowest BCUT2D eigenvalue weighted by atomic mass is 9.87. The summed E-state index contributed by atoms with van der Waals surface area (Å²) in [5, 5.41) is 14.5. The molecule has 0 saturated carbocycles. The Balaban J connectivity index is 1.67. The van der Waals surface area contributed by atoms with Crippen molar-refractivity contribution >= 4 is 35.1 Å². The number of esters is 1. The molecule has 2 aromatic carbocycles. The normalized spacial score (nSPS) is 12.8. The van der Waals surface area contributed by atoms with E-state index >= 15 is 0 Å². The first kappa shape index (κ1) is 25.4. The molecule has 0 spiro atoms. The van der Waals surface area contributed by atoms with Crippen molar-refractivity contribution in [1.29, 1.82) is 0 Å². The number of carbonyl (C=O) groups is 2. The number of ether oxygens (including phenoxy) is 3. The van der Waals surface area contributed by atoms with Gasteiger partial charge in [-0.15, -0.1) is 0 Å². The minimum atomic E-state index is -0.925. The number of aromatic amines is 1. The summed E-state index contributed by atoms with van der Waals surface area (Å²) in [6.07, 6.45) is 0.865. The number of aromatic nitrogens is 1. The van der Waals surface area contributed by atoms with Gasteiger partial charge in [0, 0.05) is 25.1 Å². The van der Waals surface area contributed by atoms with Crippen LogP contribution in [0, 0.1) is 0 Å². The van der Waals surface area contributed by atoms with E-state index in [9.17, 15) is 19.5 Å². The average Bonchev–Trinajstić information content (AvgIpc) is 3.32. The number of nitrogens with one attached hydrogen (secondary N) is 2. The van der Waals surface area contributed by atoms with Crippen molar-refractivity contribution < 1.29 is 28.9 Å². The van der Waals surface area contributed by atoms with E-state index < -0.39 is 29.1 Å². The molecule has 0 saturated heterocycles. The second kappa shape index (κ2) is 10.9. The molecule has 0 aliphatic carbocycles. The summed E-state index contributed by atoms with van der Waals surface area (Å²) >= 11 is 12.0. The van der Waals surface area contributed by atoms with Gasteiger partial charge in [0.05, 0.1) is 22.2 Å². The predicted molar refractivity (Wildman–Crippen MR) is 132 cm³/mol. The van der Waals surface area contributed by atoms with Gasteiger partial charge in [-0.1, -0.05) is 35.3 Å². The highest BCUT2D eigenvalue weighted by molar-refractivity contribution is 6.42. The van der Waals surface area contributed by atoms with E-state index in [4.69, 9.17) is 37.4 Å². The second-order valence-corrected chi connectivity index (χ2v) is 8.72. The van der Waals surface area contributed by atoms with Crippen LogP contribution < -0.4 is 20.3 Å². The smallest absolute Gasteiger partial charge is 0.343 e. The number of hydrogen-bond acceptors (Lipinski definition) is 7. The molecule has 188 valence electrons. The standard InChI is InChI=1S/C25H22Cl2N2O7/c1-2-34-25(33)16-11-29-24(32)22(23(16)31)15(14-4-6-19-20(8-14)36-12-35-19)9-21(30)28-10-13-3-5-17(26)18(27)7-13/h3-8,11,15H,2,9-10,12H2,1H3,(H,28,30)(H2,29,31,32)/t15-/m1/s1. The highest BCUT2D eigenvalue weighted by atomic mass is 35.5. The monoisotopic (exact) mass is 532 g/mol. The maximum Gasteiger partial charge on any atom is 0.343 e. The molecule has 3 N–H and O–H groups in total. The minimum absolute atomic E-state index is 0.0395. The van der Waals surface area contributed by atoms with Gasteiger partial charge >= 0.3 is 5.97 Å². The molecule has 1 aliphatic rings. The molecule has 0 fully saturated rings. The zero-order valence-corrected chi connectivity index (χ0v) is 20.6. The van der Waals surface area contributed by atoms with E-state index in [0.717, 1.165) is 11.8 Å². The summed E-state index contributed by atoms with van der Waals surface area (Å²) in [6.45, 7) is 1.90. The fourth-order valence-corrected chi connectivity index (χ4v) is 4.17. The van der Waals surface area contributed by atoms with Crippen LogP contribution >= 0.6 is 23.2 Å². The van der Waals surface area contributed by atoms with Gasteiger partial charge in [0.1, 0.15) is 11.3 Å². The van der Waals surface area contributed by atoms with Crippen molar-refractivity contribution in [2.45, 2.75) is 25.8 Å². The number of halogens is 2.